The number of para-hydroxylation sites is 1. The zero-order valence-corrected chi connectivity index (χ0v) is 8.99. The summed E-state index contributed by atoms with van der Waals surface area (Å²) in [5, 5.41) is 0. The average Bonchev–Trinajstić information content (AvgIpc) is 2.65. The molecule has 0 radical (unpaired) electrons. The second-order valence-electron chi connectivity index (χ2n) is 4.34. The number of nitrogens with two attached hydrogens (primary N) is 1. The molecule has 0 bridgehead atoms. The fourth-order valence-electron chi connectivity index (χ4n) is 2.22. The van der Waals surface area contributed by atoms with Gasteiger partial charge in [-0.1, -0.05) is 18.2 Å². The van der Waals surface area contributed by atoms with Gasteiger partial charge in [0.05, 0.1) is 0 Å². The van der Waals surface area contributed by atoms with Crippen LogP contribution in [0.4, 0.5) is 10.1 Å². The molecular formula is C12H17FN2. The van der Waals surface area contributed by atoms with Gasteiger partial charge in [0, 0.05) is 23.7 Å². The molecule has 3 heteroatoms. The van der Waals surface area contributed by atoms with E-state index in [0.29, 0.717) is 11.3 Å². The summed E-state index contributed by atoms with van der Waals surface area (Å²) in [5.41, 5.74) is 6.99. The quantitative estimate of drug-likeness (QED) is 0.755. The Hall–Kier alpha value is -1.09. The number of rotatable bonds is 2. The van der Waals surface area contributed by atoms with Gasteiger partial charge in [0.2, 0.25) is 0 Å². The first kappa shape index (κ1) is 10.4. The molecule has 2 nitrogen and oxygen atoms in total. The van der Waals surface area contributed by atoms with Crippen molar-refractivity contribution in [3.63, 3.8) is 0 Å². The number of nitrogen functional groups attached to an aromatic ring is 1. The van der Waals surface area contributed by atoms with E-state index < -0.39 is 6.17 Å². The van der Waals surface area contributed by atoms with Gasteiger partial charge in [0.1, 0.15) is 6.17 Å². The fraction of sp³-hybridized carbons (Fsp3) is 0.500. The molecule has 2 atom stereocenters. The maximum atomic E-state index is 14.2. The molecule has 0 aliphatic carbocycles. The highest BCUT2D eigenvalue weighted by molar-refractivity contribution is 5.47. The summed E-state index contributed by atoms with van der Waals surface area (Å²) in [7, 11) is 2.03. The number of alkyl halides is 1. The summed E-state index contributed by atoms with van der Waals surface area (Å²) in [6, 6.07) is 7.24. The first-order chi connectivity index (χ1) is 7.18. The van der Waals surface area contributed by atoms with Crippen LogP contribution in [0.1, 0.15) is 18.2 Å². The van der Waals surface area contributed by atoms with Crippen LogP contribution >= 0.6 is 0 Å². The van der Waals surface area contributed by atoms with Crippen molar-refractivity contribution < 1.29 is 4.39 Å². The maximum Gasteiger partial charge on any atom is 0.131 e. The molecule has 2 rings (SSSR count). The van der Waals surface area contributed by atoms with Gasteiger partial charge in [-0.05, 0) is 26.1 Å². The second kappa shape index (κ2) is 4.19. The summed E-state index contributed by atoms with van der Waals surface area (Å²) in [5.74, 6) is 0.0969. The van der Waals surface area contributed by atoms with E-state index in [-0.39, 0.29) is 5.92 Å². The second-order valence-corrected chi connectivity index (χ2v) is 4.34. The molecule has 2 unspecified atom stereocenters. The molecule has 0 saturated carbocycles. The Labute approximate surface area is 89.9 Å². The van der Waals surface area contributed by atoms with E-state index >= 15 is 0 Å². The lowest BCUT2D eigenvalue weighted by Gasteiger charge is -2.17. The highest BCUT2D eigenvalue weighted by Crippen LogP contribution is 2.35. The Balaban J connectivity index is 2.14. The molecule has 1 heterocycles. The third-order valence-electron chi connectivity index (χ3n) is 3.13. The number of halogens is 1. The minimum Gasteiger partial charge on any atom is -0.398 e. The van der Waals surface area contributed by atoms with Crippen LogP contribution in [0, 0.1) is 5.92 Å². The maximum absolute atomic E-state index is 14.2. The lowest BCUT2D eigenvalue weighted by molar-refractivity contribution is 0.233. The van der Waals surface area contributed by atoms with Gasteiger partial charge in [-0.2, -0.15) is 0 Å². The van der Waals surface area contributed by atoms with Crippen LogP contribution in [0.25, 0.3) is 0 Å². The lowest BCUT2D eigenvalue weighted by Crippen LogP contribution is -2.17. The zero-order chi connectivity index (χ0) is 10.8. The molecule has 1 aliphatic rings. The van der Waals surface area contributed by atoms with Gasteiger partial charge in [-0.3, -0.25) is 0 Å². The van der Waals surface area contributed by atoms with Gasteiger partial charge in [0.15, 0.2) is 0 Å². The van der Waals surface area contributed by atoms with E-state index in [1.807, 2.05) is 19.2 Å². The Morgan fingerprint density at radius 3 is 2.80 bits per heavy atom. The Kier molecular flexibility index (Phi) is 2.91. The van der Waals surface area contributed by atoms with Gasteiger partial charge in [0.25, 0.3) is 0 Å². The number of hydrogen-bond donors (Lipinski definition) is 1. The standard InChI is InChI=1S/C12H17FN2/c1-15-7-6-9(8-15)12(13)10-4-2-3-5-11(10)14/h2-5,9,12H,6-8,14H2,1H3. The van der Waals surface area contributed by atoms with Crippen LogP contribution in [-0.2, 0) is 0 Å². The molecule has 82 valence electrons. The molecule has 1 aromatic carbocycles. The molecule has 1 fully saturated rings. The number of anilines is 1. The van der Waals surface area contributed by atoms with Crippen molar-refractivity contribution in [3.05, 3.63) is 29.8 Å². The number of likely N-dealkylation sites (tertiary alicyclic amines) is 1. The number of benzene rings is 1. The Morgan fingerprint density at radius 2 is 2.20 bits per heavy atom. The minimum absolute atomic E-state index is 0.0969. The zero-order valence-electron chi connectivity index (χ0n) is 8.99. The van der Waals surface area contributed by atoms with Crippen molar-refractivity contribution in [1.29, 1.82) is 0 Å². The van der Waals surface area contributed by atoms with Crippen molar-refractivity contribution in [1.82, 2.24) is 4.90 Å². The van der Waals surface area contributed by atoms with Crippen molar-refractivity contribution in [2.24, 2.45) is 5.92 Å². The van der Waals surface area contributed by atoms with Crippen molar-refractivity contribution in [3.8, 4) is 0 Å². The van der Waals surface area contributed by atoms with Crippen LogP contribution in [0.15, 0.2) is 24.3 Å². The fourth-order valence-corrected chi connectivity index (χ4v) is 2.22. The highest BCUT2D eigenvalue weighted by atomic mass is 19.1. The van der Waals surface area contributed by atoms with Crippen molar-refractivity contribution in [2.45, 2.75) is 12.6 Å². The van der Waals surface area contributed by atoms with Crippen LogP contribution < -0.4 is 5.73 Å². The van der Waals surface area contributed by atoms with Gasteiger partial charge < -0.3 is 10.6 Å². The molecule has 0 aromatic heterocycles. The van der Waals surface area contributed by atoms with Crippen molar-refractivity contribution in [2.75, 3.05) is 25.9 Å². The van der Waals surface area contributed by atoms with Crippen LogP contribution in [-0.4, -0.2) is 25.0 Å². The lowest BCUT2D eigenvalue weighted by atomic mass is 9.95. The van der Waals surface area contributed by atoms with Crippen molar-refractivity contribution >= 4 is 5.69 Å². The monoisotopic (exact) mass is 208 g/mol. The summed E-state index contributed by atoms with van der Waals surface area (Å²) in [4.78, 5) is 2.16. The van der Waals surface area contributed by atoms with Crippen LogP contribution in [0.2, 0.25) is 0 Å². The minimum atomic E-state index is -0.920. The first-order valence-electron chi connectivity index (χ1n) is 5.35. The smallest absolute Gasteiger partial charge is 0.131 e. The SMILES string of the molecule is CN1CCC(C(F)c2ccccc2N)C1. The Bertz CT molecular complexity index is 340. The summed E-state index contributed by atoms with van der Waals surface area (Å²) >= 11 is 0. The van der Waals surface area contributed by atoms with Gasteiger partial charge in [-0.25, -0.2) is 4.39 Å². The van der Waals surface area contributed by atoms with E-state index in [9.17, 15) is 4.39 Å². The van der Waals surface area contributed by atoms with Crippen LogP contribution in [0.5, 0.6) is 0 Å². The highest BCUT2D eigenvalue weighted by Gasteiger charge is 2.29. The normalized spacial score (nSPS) is 24.3. The molecular weight excluding hydrogens is 191 g/mol. The predicted molar refractivity (Wildman–Crippen MR) is 60.3 cm³/mol. The molecule has 1 aliphatic heterocycles. The summed E-state index contributed by atoms with van der Waals surface area (Å²) < 4.78 is 14.2. The van der Waals surface area contributed by atoms with E-state index in [1.165, 1.54) is 0 Å². The summed E-state index contributed by atoms with van der Waals surface area (Å²) in [6.07, 6.45) is 0.00239. The number of hydrogen-bond acceptors (Lipinski definition) is 2. The Morgan fingerprint density at radius 1 is 1.47 bits per heavy atom. The predicted octanol–water partition coefficient (Wildman–Crippen LogP) is 2.23. The molecule has 1 saturated heterocycles. The topological polar surface area (TPSA) is 29.3 Å². The molecule has 1 aromatic rings. The van der Waals surface area contributed by atoms with Gasteiger partial charge in [-0.15, -0.1) is 0 Å². The van der Waals surface area contributed by atoms with E-state index in [0.717, 1.165) is 19.5 Å². The number of nitrogens with zero attached hydrogens (tertiary/aromatic N) is 1. The van der Waals surface area contributed by atoms with E-state index in [1.54, 1.807) is 12.1 Å². The first-order valence-corrected chi connectivity index (χ1v) is 5.35. The molecule has 0 amide bonds. The average molecular weight is 208 g/mol. The third kappa shape index (κ3) is 2.12. The summed E-state index contributed by atoms with van der Waals surface area (Å²) in [6.45, 7) is 1.81. The van der Waals surface area contributed by atoms with E-state index in [4.69, 9.17) is 5.73 Å². The molecule has 0 spiro atoms. The largest absolute Gasteiger partial charge is 0.398 e. The van der Waals surface area contributed by atoms with Gasteiger partial charge >= 0.3 is 0 Å². The molecule has 15 heavy (non-hydrogen) atoms. The van der Waals surface area contributed by atoms with Crippen LogP contribution in [0.3, 0.4) is 0 Å². The third-order valence-corrected chi connectivity index (χ3v) is 3.13. The van der Waals surface area contributed by atoms with E-state index in [2.05, 4.69) is 4.90 Å². The molecule has 2 N–H and O–H groups in total.